The van der Waals surface area contributed by atoms with Crippen LogP contribution in [-0.2, 0) is 9.53 Å². The van der Waals surface area contributed by atoms with Gasteiger partial charge in [0, 0.05) is 25.7 Å². The smallest absolute Gasteiger partial charge is 0.273 e. The summed E-state index contributed by atoms with van der Waals surface area (Å²) in [6.07, 6.45) is 5.62. The topological polar surface area (TPSA) is 93.5 Å². The Labute approximate surface area is 154 Å². The van der Waals surface area contributed by atoms with Gasteiger partial charge in [0.2, 0.25) is 0 Å². The van der Waals surface area contributed by atoms with Crippen molar-refractivity contribution >= 4 is 28.2 Å². The first-order chi connectivity index (χ1) is 12.7. The minimum absolute atomic E-state index is 0.0379. The summed E-state index contributed by atoms with van der Waals surface area (Å²) in [5.41, 5.74) is 1.03. The highest BCUT2D eigenvalue weighted by Gasteiger charge is 2.29. The number of aromatic nitrogens is 1. The molecule has 0 bridgehead atoms. The average molecular weight is 373 g/mol. The quantitative estimate of drug-likeness (QED) is 0.783. The van der Waals surface area contributed by atoms with E-state index in [-0.39, 0.29) is 17.6 Å². The molecule has 2 N–H and O–H groups in total. The van der Waals surface area contributed by atoms with Crippen LogP contribution in [0.25, 0.3) is 11.5 Å². The Hall–Kier alpha value is -2.45. The molecular weight excluding hydrogens is 354 g/mol. The van der Waals surface area contributed by atoms with Crippen LogP contribution in [0.15, 0.2) is 34.6 Å². The summed E-state index contributed by atoms with van der Waals surface area (Å²) in [7, 11) is 0. The van der Waals surface area contributed by atoms with Gasteiger partial charge in [-0.25, -0.2) is 4.98 Å². The highest BCUT2D eigenvalue weighted by atomic mass is 32.1. The molecule has 0 unspecified atom stereocenters. The van der Waals surface area contributed by atoms with Gasteiger partial charge < -0.3 is 14.5 Å². The van der Waals surface area contributed by atoms with E-state index in [1.54, 1.807) is 18.4 Å². The summed E-state index contributed by atoms with van der Waals surface area (Å²) in [6.45, 7) is 1.94. The standard InChI is InChI=1S/C18H19N3O4S/c22-15(11-5-9-24-10-6-11)16-14(13-4-2-8-25-13)20-18(26-16)21-17(23)12-3-1-7-19-12/h2-4,8,11,19H,1,5-7,9-10H2,(H,20,21,23). The molecule has 7 nitrogen and oxygen atoms in total. The lowest BCUT2D eigenvalue weighted by Gasteiger charge is -2.20. The molecule has 0 aliphatic carbocycles. The third-order valence-corrected chi connectivity index (χ3v) is 5.46. The number of nitrogens with zero attached hydrogens (tertiary/aromatic N) is 1. The Morgan fingerprint density at radius 1 is 1.31 bits per heavy atom. The zero-order chi connectivity index (χ0) is 17.9. The molecule has 1 fully saturated rings. The summed E-state index contributed by atoms with van der Waals surface area (Å²) < 4.78 is 10.8. The summed E-state index contributed by atoms with van der Waals surface area (Å²) in [5.74, 6) is 0.235. The van der Waals surface area contributed by atoms with Crippen LogP contribution in [0.3, 0.4) is 0 Å². The first kappa shape index (κ1) is 17.0. The molecule has 0 atom stereocenters. The second-order valence-electron chi connectivity index (χ2n) is 6.21. The Kier molecular flexibility index (Phi) is 4.85. The lowest BCUT2D eigenvalue weighted by molar-refractivity contribution is -0.113. The predicted octanol–water partition coefficient (Wildman–Crippen LogP) is 2.83. The normalized spacial score (nSPS) is 17.6. The largest absolute Gasteiger partial charge is 0.463 e. The van der Waals surface area contributed by atoms with Crippen molar-refractivity contribution in [1.82, 2.24) is 10.3 Å². The molecule has 4 heterocycles. The number of hydrogen-bond donors (Lipinski definition) is 2. The summed E-state index contributed by atoms with van der Waals surface area (Å²) in [5, 5.41) is 6.20. The second kappa shape index (κ2) is 7.43. The zero-order valence-electron chi connectivity index (χ0n) is 14.1. The van der Waals surface area contributed by atoms with Crippen LogP contribution in [0.2, 0.25) is 0 Å². The molecule has 4 rings (SSSR count). The van der Waals surface area contributed by atoms with Crippen molar-refractivity contribution in [2.45, 2.75) is 19.3 Å². The lowest BCUT2D eigenvalue weighted by Crippen LogP contribution is -2.23. The number of hydrogen-bond acceptors (Lipinski definition) is 7. The maximum Gasteiger partial charge on any atom is 0.273 e. The molecule has 0 aromatic carbocycles. The Balaban J connectivity index is 1.62. The van der Waals surface area contributed by atoms with Gasteiger partial charge in [0.15, 0.2) is 16.7 Å². The molecule has 0 spiro atoms. The minimum atomic E-state index is -0.243. The van der Waals surface area contributed by atoms with Crippen molar-refractivity contribution in [3.8, 4) is 11.5 Å². The fourth-order valence-electron chi connectivity index (χ4n) is 3.10. The first-order valence-corrected chi connectivity index (χ1v) is 9.46. The number of nitrogens with one attached hydrogen (secondary N) is 2. The van der Waals surface area contributed by atoms with Crippen LogP contribution in [0.4, 0.5) is 5.13 Å². The first-order valence-electron chi connectivity index (χ1n) is 8.64. The van der Waals surface area contributed by atoms with E-state index in [1.807, 2.05) is 6.08 Å². The van der Waals surface area contributed by atoms with Gasteiger partial charge in [-0.05, 0) is 31.4 Å². The Bertz CT molecular complexity index is 835. The maximum atomic E-state index is 13.0. The minimum Gasteiger partial charge on any atom is -0.463 e. The van der Waals surface area contributed by atoms with Crippen molar-refractivity contribution in [3.05, 3.63) is 35.0 Å². The number of ether oxygens (including phenoxy) is 1. The van der Waals surface area contributed by atoms with Crippen molar-refractivity contribution in [3.63, 3.8) is 0 Å². The second-order valence-corrected chi connectivity index (χ2v) is 7.21. The molecule has 2 aromatic rings. The van der Waals surface area contributed by atoms with Gasteiger partial charge in [0.05, 0.1) is 12.0 Å². The predicted molar refractivity (Wildman–Crippen MR) is 97.0 cm³/mol. The van der Waals surface area contributed by atoms with E-state index in [0.29, 0.717) is 53.2 Å². The van der Waals surface area contributed by atoms with Gasteiger partial charge in [-0.3, -0.25) is 14.9 Å². The van der Waals surface area contributed by atoms with E-state index in [0.717, 1.165) is 13.0 Å². The van der Waals surface area contributed by atoms with Crippen molar-refractivity contribution < 1.29 is 18.7 Å². The number of carbonyl (C=O) groups excluding carboxylic acids is 2. The van der Waals surface area contributed by atoms with Crippen LogP contribution < -0.4 is 10.6 Å². The molecule has 1 amide bonds. The Morgan fingerprint density at radius 2 is 2.15 bits per heavy atom. The monoisotopic (exact) mass is 373 g/mol. The van der Waals surface area contributed by atoms with Gasteiger partial charge in [-0.15, -0.1) is 0 Å². The molecule has 2 aliphatic rings. The number of furan rings is 1. The SMILES string of the molecule is O=C(Nc1nc(-c2ccco2)c(C(=O)C2CCOCC2)s1)C1=CCCN1. The van der Waals surface area contributed by atoms with Crippen LogP contribution in [0.5, 0.6) is 0 Å². The van der Waals surface area contributed by atoms with E-state index in [9.17, 15) is 9.59 Å². The third kappa shape index (κ3) is 3.42. The van der Waals surface area contributed by atoms with Gasteiger partial charge in [-0.2, -0.15) is 0 Å². The van der Waals surface area contributed by atoms with Gasteiger partial charge in [0.25, 0.3) is 5.91 Å². The lowest BCUT2D eigenvalue weighted by atomic mass is 9.94. The van der Waals surface area contributed by atoms with Crippen LogP contribution in [0, 0.1) is 5.92 Å². The zero-order valence-corrected chi connectivity index (χ0v) is 14.9. The highest BCUT2D eigenvalue weighted by molar-refractivity contribution is 7.18. The Morgan fingerprint density at radius 3 is 2.85 bits per heavy atom. The molecule has 2 aromatic heterocycles. The number of ketones is 1. The van der Waals surface area contributed by atoms with E-state index < -0.39 is 0 Å². The van der Waals surface area contributed by atoms with Gasteiger partial charge in [-0.1, -0.05) is 17.4 Å². The van der Waals surface area contributed by atoms with Crippen LogP contribution in [0.1, 0.15) is 28.9 Å². The van der Waals surface area contributed by atoms with Gasteiger partial charge >= 0.3 is 0 Å². The summed E-state index contributed by atoms with van der Waals surface area (Å²) in [6, 6.07) is 3.52. The third-order valence-electron chi connectivity index (χ3n) is 4.47. The fraction of sp³-hybridized carbons (Fsp3) is 0.389. The van der Waals surface area contributed by atoms with Crippen molar-refractivity contribution in [2.24, 2.45) is 5.92 Å². The van der Waals surface area contributed by atoms with Crippen LogP contribution >= 0.6 is 11.3 Å². The summed E-state index contributed by atoms with van der Waals surface area (Å²) >= 11 is 1.20. The fourth-order valence-corrected chi connectivity index (χ4v) is 4.08. The number of anilines is 1. The maximum absolute atomic E-state index is 13.0. The van der Waals surface area contributed by atoms with E-state index >= 15 is 0 Å². The molecule has 26 heavy (non-hydrogen) atoms. The van der Waals surface area contributed by atoms with E-state index in [1.165, 1.54) is 11.3 Å². The van der Waals surface area contributed by atoms with E-state index in [2.05, 4.69) is 15.6 Å². The average Bonchev–Trinajstić information content (AvgIpc) is 3.42. The summed E-state index contributed by atoms with van der Waals surface area (Å²) in [4.78, 5) is 30.3. The molecule has 2 aliphatic heterocycles. The molecule has 136 valence electrons. The van der Waals surface area contributed by atoms with E-state index in [4.69, 9.17) is 9.15 Å². The van der Waals surface area contributed by atoms with Crippen molar-refractivity contribution in [1.29, 1.82) is 0 Å². The number of Topliss-reactive ketones (excluding diaryl/α,β-unsaturated/α-hetero) is 1. The number of thiazole rings is 1. The molecule has 1 saturated heterocycles. The number of amides is 1. The number of rotatable bonds is 5. The molecule has 0 radical (unpaired) electrons. The molecular formula is C18H19N3O4S. The van der Waals surface area contributed by atoms with Crippen molar-refractivity contribution in [2.75, 3.05) is 25.1 Å². The van der Waals surface area contributed by atoms with Crippen LogP contribution in [-0.4, -0.2) is 36.4 Å². The highest BCUT2D eigenvalue weighted by Crippen LogP contribution is 2.35. The molecule has 0 saturated carbocycles. The molecule has 8 heteroatoms. The van der Waals surface area contributed by atoms with Gasteiger partial charge in [0.1, 0.15) is 10.6 Å². The number of carbonyl (C=O) groups is 2.